The monoisotopic (exact) mass is 191 g/mol. The van der Waals surface area contributed by atoms with Crippen LogP contribution in [0.2, 0.25) is 0 Å². The molecule has 0 spiro atoms. The summed E-state index contributed by atoms with van der Waals surface area (Å²) >= 11 is 0. The second kappa shape index (κ2) is 3.28. The molecule has 2 atom stereocenters. The van der Waals surface area contributed by atoms with Crippen LogP contribution in [0.3, 0.4) is 0 Å². The highest BCUT2D eigenvalue weighted by atomic mass is 16.5. The highest BCUT2D eigenvalue weighted by Crippen LogP contribution is 2.46. The fraction of sp³-hybridized carbons (Fsp3) is 0.500. The molecule has 2 heteroatoms. The predicted octanol–water partition coefficient (Wildman–Crippen LogP) is 1.97. The summed E-state index contributed by atoms with van der Waals surface area (Å²) in [6.45, 7) is 2.25. The molecule has 1 saturated carbocycles. The van der Waals surface area contributed by atoms with Crippen LogP contribution in [0.4, 0.5) is 0 Å². The Morgan fingerprint density at radius 3 is 2.43 bits per heavy atom. The first kappa shape index (κ1) is 9.53. The van der Waals surface area contributed by atoms with Crippen LogP contribution < -0.4 is 10.5 Å². The Hall–Kier alpha value is -1.02. The molecule has 2 rings (SSSR count). The SMILES string of the molecule is COc1ccc(CC2(C)CC2N)cc1. The zero-order valence-corrected chi connectivity index (χ0v) is 8.79. The lowest BCUT2D eigenvalue weighted by Crippen LogP contribution is -2.12. The van der Waals surface area contributed by atoms with Gasteiger partial charge in [0.1, 0.15) is 5.75 Å². The molecule has 1 fully saturated rings. The van der Waals surface area contributed by atoms with Crippen LogP contribution in [-0.4, -0.2) is 13.2 Å². The minimum atomic E-state index is 0.342. The predicted molar refractivity (Wildman–Crippen MR) is 57.4 cm³/mol. The molecule has 14 heavy (non-hydrogen) atoms. The lowest BCUT2D eigenvalue weighted by molar-refractivity contribution is 0.414. The molecule has 0 aromatic heterocycles. The molecular formula is C12H17NO. The van der Waals surface area contributed by atoms with Gasteiger partial charge in [0.15, 0.2) is 0 Å². The van der Waals surface area contributed by atoms with Crippen molar-refractivity contribution in [2.75, 3.05) is 7.11 Å². The van der Waals surface area contributed by atoms with Crippen LogP contribution in [-0.2, 0) is 6.42 Å². The fourth-order valence-electron chi connectivity index (χ4n) is 1.86. The van der Waals surface area contributed by atoms with Crippen LogP contribution >= 0.6 is 0 Å². The third-order valence-electron chi connectivity index (χ3n) is 3.19. The molecule has 2 N–H and O–H groups in total. The molecule has 1 aromatic carbocycles. The molecule has 1 aromatic rings. The average Bonchev–Trinajstić information content (AvgIpc) is 2.75. The number of nitrogens with two attached hydrogens (primary N) is 1. The van der Waals surface area contributed by atoms with Gasteiger partial charge in [-0.15, -0.1) is 0 Å². The maximum Gasteiger partial charge on any atom is 0.118 e. The maximum atomic E-state index is 5.88. The van der Waals surface area contributed by atoms with E-state index in [0.29, 0.717) is 11.5 Å². The lowest BCUT2D eigenvalue weighted by atomic mass is 9.98. The topological polar surface area (TPSA) is 35.2 Å². The van der Waals surface area contributed by atoms with Gasteiger partial charge in [-0.05, 0) is 36.0 Å². The van der Waals surface area contributed by atoms with Crippen molar-refractivity contribution in [3.05, 3.63) is 29.8 Å². The van der Waals surface area contributed by atoms with E-state index >= 15 is 0 Å². The number of hydrogen-bond acceptors (Lipinski definition) is 2. The van der Waals surface area contributed by atoms with Gasteiger partial charge in [-0.1, -0.05) is 19.1 Å². The summed E-state index contributed by atoms with van der Waals surface area (Å²) in [5, 5.41) is 0. The van der Waals surface area contributed by atoms with Crippen molar-refractivity contribution < 1.29 is 4.74 Å². The van der Waals surface area contributed by atoms with Gasteiger partial charge in [-0.3, -0.25) is 0 Å². The van der Waals surface area contributed by atoms with Gasteiger partial charge in [0.05, 0.1) is 7.11 Å². The largest absolute Gasteiger partial charge is 0.497 e. The molecule has 0 radical (unpaired) electrons. The molecular weight excluding hydrogens is 174 g/mol. The summed E-state index contributed by atoms with van der Waals surface area (Å²) < 4.78 is 5.11. The minimum absolute atomic E-state index is 0.342. The van der Waals surface area contributed by atoms with Crippen molar-refractivity contribution in [1.82, 2.24) is 0 Å². The van der Waals surface area contributed by atoms with E-state index < -0.39 is 0 Å². The molecule has 1 aliphatic rings. The Balaban J connectivity index is 2.04. The second-order valence-corrected chi connectivity index (χ2v) is 4.49. The van der Waals surface area contributed by atoms with E-state index in [4.69, 9.17) is 10.5 Å². The summed E-state index contributed by atoms with van der Waals surface area (Å²) in [7, 11) is 1.69. The number of methoxy groups -OCH3 is 1. The Kier molecular flexibility index (Phi) is 2.23. The molecule has 0 heterocycles. The zero-order chi connectivity index (χ0) is 10.2. The number of ether oxygens (including phenoxy) is 1. The summed E-state index contributed by atoms with van der Waals surface area (Å²) in [5.41, 5.74) is 7.57. The Morgan fingerprint density at radius 1 is 1.43 bits per heavy atom. The van der Waals surface area contributed by atoms with E-state index in [-0.39, 0.29) is 0 Å². The van der Waals surface area contributed by atoms with E-state index in [1.807, 2.05) is 12.1 Å². The van der Waals surface area contributed by atoms with Gasteiger partial charge in [-0.25, -0.2) is 0 Å². The van der Waals surface area contributed by atoms with Crippen molar-refractivity contribution in [3.63, 3.8) is 0 Å². The van der Waals surface area contributed by atoms with Crippen molar-refractivity contribution in [2.45, 2.75) is 25.8 Å². The van der Waals surface area contributed by atoms with Gasteiger partial charge in [0, 0.05) is 6.04 Å². The standard InChI is InChI=1S/C12H17NO/c1-12(8-11(12)13)7-9-3-5-10(14-2)6-4-9/h3-6,11H,7-8,13H2,1-2H3. The fourth-order valence-corrected chi connectivity index (χ4v) is 1.86. The van der Waals surface area contributed by atoms with Crippen LogP contribution in [0.5, 0.6) is 5.75 Å². The third kappa shape index (κ3) is 1.75. The summed E-state index contributed by atoms with van der Waals surface area (Å²) in [6.07, 6.45) is 2.23. The van der Waals surface area contributed by atoms with Crippen molar-refractivity contribution >= 4 is 0 Å². The van der Waals surface area contributed by atoms with Gasteiger partial charge in [0.2, 0.25) is 0 Å². The molecule has 1 aliphatic carbocycles. The highest BCUT2D eigenvalue weighted by molar-refractivity contribution is 5.29. The summed E-state index contributed by atoms with van der Waals surface area (Å²) in [6, 6.07) is 8.65. The summed E-state index contributed by atoms with van der Waals surface area (Å²) in [5.74, 6) is 0.916. The molecule has 0 amide bonds. The van der Waals surface area contributed by atoms with Crippen LogP contribution in [0, 0.1) is 5.41 Å². The summed E-state index contributed by atoms with van der Waals surface area (Å²) in [4.78, 5) is 0. The van der Waals surface area contributed by atoms with Crippen LogP contribution in [0.25, 0.3) is 0 Å². The third-order valence-corrected chi connectivity index (χ3v) is 3.19. The van der Waals surface area contributed by atoms with Crippen LogP contribution in [0.1, 0.15) is 18.9 Å². The molecule has 2 unspecified atom stereocenters. The normalized spacial score (nSPS) is 30.1. The maximum absolute atomic E-state index is 5.88. The molecule has 76 valence electrons. The Bertz CT molecular complexity index is 320. The molecule has 0 bridgehead atoms. The number of hydrogen-bond donors (Lipinski definition) is 1. The highest BCUT2D eigenvalue weighted by Gasteiger charge is 2.46. The second-order valence-electron chi connectivity index (χ2n) is 4.49. The van der Waals surface area contributed by atoms with Crippen molar-refractivity contribution in [2.24, 2.45) is 11.1 Å². The van der Waals surface area contributed by atoms with Gasteiger partial charge in [-0.2, -0.15) is 0 Å². The van der Waals surface area contributed by atoms with Crippen molar-refractivity contribution in [3.8, 4) is 5.75 Å². The van der Waals surface area contributed by atoms with Gasteiger partial charge in [0.25, 0.3) is 0 Å². The van der Waals surface area contributed by atoms with E-state index in [1.54, 1.807) is 7.11 Å². The molecule has 2 nitrogen and oxygen atoms in total. The van der Waals surface area contributed by atoms with E-state index in [0.717, 1.165) is 18.6 Å². The first-order valence-corrected chi connectivity index (χ1v) is 5.02. The van der Waals surface area contributed by atoms with E-state index in [9.17, 15) is 0 Å². The first-order valence-electron chi connectivity index (χ1n) is 5.02. The average molecular weight is 191 g/mol. The van der Waals surface area contributed by atoms with Crippen LogP contribution in [0.15, 0.2) is 24.3 Å². The number of rotatable bonds is 3. The van der Waals surface area contributed by atoms with Crippen molar-refractivity contribution in [1.29, 1.82) is 0 Å². The molecule has 0 saturated heterocycles. The first-order chi connectivity index (χ1) is 6.64. The number of benzene rings is 1. The van der Waals surface area contributed by atoms with Gasteiger partial charge >= 0.3 is 0 Å². The lowest BCUT2D eigenvalue weighted by Gasteiger charge is -2.09. The van der Waals surface area contributed by atoms with Gasteiger partial charge < -0.3 is 10.5 Å². The Morgan fingerprint density at radius 2 is 2.00 bits per heavy atom. The smallest absolute Gasteiger partial charge is 0.118 e. The zero-order valence-electron chi connectivity index (χ0n) is 8.79. The minimum Gasteiger partial charge on any atom is -0.497 e. The van der Waals surface area contributed by atoms with E-state index in [1.165, 1.54) is 5.56 Å². The van der Waals surface area contributed by atoms with E-state index in [2.05, 4.69) is 19.1 Å². The molecule has 0 aliphatic heterocycles. The quantitative estimate of drug-likeness (QED) is 0.792. The Labute approximate surface area is 85.1 Å².